The Hall–Kier alpha value is -1.06. The Morgan fingerprint density at radius 3 is 3.00 bits per heavy atom. The monoisotopic (exact) mass is 313 g/mol. The molecule has 2 aliphatic carbocycles. The van der Waals surface area contributed by atoms with Gasteiger partial charge in [-0.2, -0.15) is 0 Å². The van der Waals surface area contributed by atoms with Gasteiger partial charge in [0.2, 0.25) is 0 Å². The van der Waals surface area contributed by atoms with Gasteiger partial charge in [-0.1, -0.05) is 6.07 Å². The maximum absolute atomic E-state index is 10.1. The second-order valence-electron chi connectivity index (χ2n) is 8.39. The number of likely N-dealkylation sites (tertiary alicyclic amines) is 1. The standard InChI is InChI=1S/C20H27NO2/c1-19-18-11-15-5-6-16(22)12-17(15)20(19,7-2-10-23-19)8-9-21(18)13-14-3-4-14/h5-6,12,14,18,22H,2-4,7-11,13H2,1H3/t18-,19-,20+/m0/s1. The van der Waals surface area contributed by atoms with Gasteiger partial charge in [-0.25, -0.2) is 0 Å². The Labute approximate surface area is 138 Å². The van der Waals surface area contributed by atoms with Gasteiger partial charge in [0, 0.05) is 24.6 Å². The van der Waals surface area contributed by atoms with E-state index in [1.165, 1.54) is 49.9 Å². The second kappa shape index (κ2) is 4.73. The van der Waals surface area contributed by atoms with Crippen LogP contribution < -0.4 is 0 Å². The lowest BCUT2D eigenvalue weighted by Gasteiger charge is -2.64. The van der Waals surface area contributed by atoms with Crippen molar-refractivity contribution < 1.29 is 9.84 Å². The highest BCUT2D eigenvalue weighted by atomic mass is 16.5. The fourth-order valence-corrected chi connectivity index (χ4v) is 5.78. The Kier molecular flexibility index (Phi) is 2.94. The zero-order valence-corrected chi connectivity index (χ0v) is 14.1. The summed E-state index contributed by atoms with van der Waals surface area (Å²) in [6, 6.07) is 6.56. The van der Waals surface area contributed by atoms with Gasteiger partial charge in [-0.05, 0) is 81.2 Å². The highest BCUT2D eigenvalue weighted by molar-refractivity contribution is 5.47. The highest BCUT2D eigenvalue weighted by Gasteiger charge is 2.62. The number of benzene rings is 1. The molecule has 0 aromatic heterocycles. The predicted molar refractivity (Wildman–Crippen MR) is 89.8 cm³/mol. The van der Waals surface area contributed by atoms with E-state index in [0.717, 1.165) is 25.4 Å². The van der Waals surface area contributed by atoms with E-state index >= 15 is 0 Å². The largest absolute Gasteiger partial charge is 0.508 e. The van der Waals surface area contributed by atoms with Crippen LogP contribution in [0.4, 0.5) is 0 Å². The van der Waals surface area contributed by atoms with Crippen molar-refractivity contribution in [2.75, 3.05) is 19.7 Å². The number of ether oxygens (including phenoxy) is 1. The van der Waals surface area contributed by atoms with E-state index in [4.69, 9.17) is 4.74 Å². The van der Waals surface area contributed by atoms with Gasteiger partial charge in [0.1, 0.15) is 5.75 Å². The SMILES string of the molecule is C[C@@]12OCCC[C@]13CCN(CC1CC1)[C@H]2Cc1ccc(O)cc13. The molecule has 2 heterocycles. The van der Waals surface area contributed by atoms with Gasteiger partial charge in [0.25, 0.3) is 0 Å². The first-order valence-corrected chi connectivity index (χ1v) is 9.33. The second-order valence-corrected chi connectivity index (χ2v) is 8.39. The normalized spacial score (nSPS) is 39.6. The van der Waals surface area contributed by atoms with E-state index in [0.29, 0.717) is 11.8 Å². The summed E-state index contributed by atoms with van der Waals surface area (Å²) in [6.45, 7) is 5.70. The highest BCUT2D eigenvalue weighted by Crippen LogP contribution is 2.58. The van der Waals surface area contributed by atoms with Gasteiger partial charge in [0.05, 0.1) is 5.60 Å². The first-order chi connectivity index (χ1) is 11.1. The molecule has 1 saturated carbocycles. The Morgan fingerprint density at radius 1 is 1.30 bits per heavy atom. The topological polar surface area (TPSA) is 32.7 Å². The molecule has 0 unspecified atom stereocenters. The molecular weight excluding hydrogens is 286 g/mol. The minimum atomic E-state index is -0.0980. The Balaban J connectivity index is 1.64. The molecule has 3 nitrogen and oxygen atoms in total. The number of nitrogens with zero attached hydrogens (tertiary/aromatic N) is 1. The lowest BCUT2D eigenvalue weighted by Crippen LogP contribution is -2.72. The maximum atomic E-state index is 10.1. The van der Waals surface area contributed by atoms with E-state index in [9.17, 15) is 5.11 Å². The molecule has 3 fully saturated rings. The van der Waals surface area contributed by atoms with Crippen molar-refractivity contribution in [2.45, 2.75) is 62.5 Å². The molecule has 124 valence electrons. The molecule has 23 heavy (non-hydrogen) atoms. The van der Waals surface area contributed by atoms with Crippen LogP contribution in [-0.2, 0) is 16.6 Å². The lowest BCUT2D eigenvalue weighted by atomic mass is 9.52. The third-order valence-corrected chi connectivity index (χ3v) is 7.21. The molecule has 1 aromatic carbocycles. The van der Waals surface area contributed by atoms with Crippen LogP contribution in [0.2, 0.25) is 0 Å². The number of rotatable bonds is 2. The summed E-state index contributed by atoms with van der Waals surface area (Å²) < 4.78 is 6.53. The molecule has 3 heteroatoms. The van der Waals surface area contributed by atoms with Crippen molar-refractivity contribution in [3.8, 4) is 5.75 Å². The summed E-state index contributed by atoms with van der Waals surface area (Å²) in [4.78, 5) is 2.73. The van der Waals surface area contributed by atoms with E-state index in [1.54, 1.807) is 0 Å². The van der Waals surface area contributed by atoms with Crippen LogP contribution in [0.5, 0.6) is 5.75 Å². The molecule has 2 saturated heterocycles. The molecule has 0 spiro atoms. The van der Waals surface area contributed by atoms with Crippen LogP contribution >= 0.6 is 0 Å². The van der Waals surface area contributed by atoms with E-state index in [2.05, 4.69) is 17.9 Å². The molecule has 3 atom stereocenters. The minimum absolute atomic E-state index is 0.0980. The molecule has 2 aliphatic heterocycles. The quantitative estimate of drug-likeness (QED) is 0.910. The summed E-state index contributed by atoms with van der Waals surface area (Å²) >= 11 is 0. The van der Waals surface area contributed by atoms with Crippen LogP contribution in [0.25, 0.3) is 0 Å². The van der Waals surface area contributed by atoms with Crippen molar-refractivity contribution in [1.82, 2.24) is 4.90 Å². The van der Waals surface area contributed by atoms with E-state index in [1.807, 2.05) is 12.1 Å². The number of phenols is 1. The van der Waals surface area contributed by atoms with Crippen LogP contribution in [0.3, 0.4) is 0 Å². The molecule has 4 aliphatic rings. The molecule has 5 rings (SSSR count). The molecule has 0 radical (unpaired) electrons. The summed E-state index contributed by atoms with van der Waals surface area (Å²) in [6.07, 6.45) is 7.41. The van der Waals surface area contributed by atoms with Gasteiger partial charge in [-0.15, -0.1) is 0 Å². The van der Waals surface area contributed by atoms with Crippen LogP contribution in [-0.4, -0.2) is 41.3 Å². The van der Waals surface area contributed by atoms with Crippen LogP contribution in [0.1, 0.15) is 50.2 Å². The molecular formula is C20H27NO2. The summed E-state index contributed by atoms with van der Waals surface area (Å²) in [5.74, 6) is 1.33. The first kappa shape index (κ1) is 14.3. The summed E-state index contributed by atoms with van der Waals surface area (Å²) in [5.41, 5.74) is 2.82. The average Bonchev–Trinajstić information content (AvgIpc) is 3.34. The smallest absolute Gasteiger partial charge is 0.115 e. The number of hydrogen-bond donors (Lipinski definition) is 1. The fourth-order valence-electron chi connectivity index (χ4n) is 5.78. The van der Waals surface area contributed by atoms with Crippen molar-refractivity contribution in [1.29, 1.82) is 0 Å². The third kappa shape index (κ3) is 1.90. The van der Waals surface area contributed by atoms with Crippen molar-refractivity contribution >= 4 is 0 Å². The van der Waals surface area contributed by atoms with Crippen LogP contribution in [0.15, 0.2) is 18.2 Å². The number of piperidine rings is 1. The molecule has 1 N–H and O–H groups in total. The number of hydrogen-bond acceptors (Lipinski definition) is 3. The van der Waals surface area contributed by atoms with Gasteiger partial charge in [0.15, 0.2) is 0 Å². The van der Waals surface area contributed by atoms with Gasteiger partial charge >= 0.3 is 0 Å². The molecule has 2 bridgehead atoms. The minimum Gasteiger partial charge on any atom is -0.508 e. The number of aromatic hydroxyl groups is 1. The average molecular weight is 313 g/mol. The zero-order valence-electron chi connectivity index (χ0n) is 14.1. The number of fused-ring (bicyclic) bond motifs is 1. The Bertz CT molecular complexity index is 641. The van der Waals surface area contributed by atoms with E-state index in [-0.39, 0.29) is 11.0 Å². The van der Waals surface area contributed by atoms with Crippen LogP contribution in [0, 0.1) is 5.92 Å². The Morgan fingerprint density at radius 2 is 2.17 bits per heavy atom. The van der Waals surface area contributed by atoms with Gasteiger partial charge < -0.3 is 9.84 Å². The van der Waals surface area contributed by atoms with Gasteiger partial charge in [-0.3, -0.25) is 4.90 Å². The van der Waals surface area contributed by atoms with Crippen molar-refractivity contribution in [3.05, 3.63) is 29.3 Å². The third-order valence-electron chi connectivity index (χ3n) is 7.21. The molecule has 0 amide bonds. The van der Waals surface area contributed by atoms with E-state index < -0.39 is 0 Å². The lowest BCUT2D eigenvalue weighted by molar-refractivity contribution is -0.197. The van der Waals surface area contributed by atoms with Crippen molar-refractivity contribution in [2.24, 2.45) is 5.92 Å². The first-order valence-electron chi connectivity index (χ1n) is 9.33. The fraction of sp³-hybridized carbons (Fsp3) is 0.700. The molecule has 1 aromatic rings. The zero-order chi connectivity index (χ0) is 15.7. The van der Waals surface area contributed by atoms with Crippen molar-refractivity contribution in [3.63, 3.8) is 0 Å². The summed E-state index contributed by atoms with van der Waals surface area (Å²) in [5, 5.41) is 10.1. The number of phenolic OH excluding ortho intramolecular Hbond substituents is 1. The predicted octanol–water partition coefficient (Wildman–Crippen LogP) is 3.24. The maximum Gasteiger partial charge on any atom is 0.115 e. The summed E-state index contributed by atoms with van der Waals surface area (Å²) in [7, 11) is 0.